The van der Waals surface area contributed by atoms with Crippen molar-refractivity contribution in [3.63, 3.8) is 0 Å². The van der Waals surface area contributed by atoms with E-state index in [4.69, 9.17) is 4.74 Å². The Labute approximate surface area is 209 Å². The van der Waals surface area contributed by atoms with Crippen LogP contribution in [-0.2, 0) is 19.6 Å². The lowest BCUT2D eigenvalue weighted by Crippen LogP contribution is -2.49. The van der Waals surface area contributed by atoms with Gasteiger partial charge in [-0.25, -0.2) is 13.2 Å². The molecule has 1 heterocycles. The van der Waals surface area contributed by atoms with Crippen molar-refractivity contribution < 1.29 is 23.1 Å². The molecule has 0 spiro atoms. The highest BCUT2D eigenvalue weighted by Gasteiger charge is 2.47. The predicted molar refractivity (Wildman–Crippen MR) is 137 cm³/mol. The summed E-state index contributed by atoms with van der Waals surface area (Å²) in [4.78, 5) is 13.2. The zero-order valence-corrected chi connectivity index (χ0v) is 21.7. The van der Waals surface area contributed by atoms with Gasteiger partial charge in [0.05, 0.1) is 29.2 Å². The second-order valence-electron chi connectivity index (χ2n) is 8.68. The van der Waals surface area contributed by atoms with E-state index in [1.165, 1.54) is 4.31 Å². The third-order valence-electron chi connectivity index (χ3n) is 6.27. The van der Waals surface area contributed by atoms with Crippen LogP contribution in [0.25, 0.3) is 0 Å². The smallest absolute Gasteiger partial charge is 0.339 e. The molecule has 188 valence electrons. The predicted octanol–water partition coefficient (Wildman–Crippen LogP) is 6.01. The molecule has 0 aromatic heterocycles. The molecule has 1 aliphatic rings. The van der Waals surface area contributed by atoms with Crippen LogP contribution in [0, 0.1) is 6.92 Å². The minimum absolute atomic E-state index is 0.00591. The molecule has 0 fully saturated rings. The summed E-state index contributed by atoms with van der Waals surface area (Å²) in [6, 6.07) is 14.0. The number of ether oxygens (including phenoxy) is 1. The largest absolute Gasteiger partial charge is 0.512 e. The van der Waals surface area contributed by atoms with Gasteiger partial charge in [-0.2, -0.15) is 4.31 Å². The summed E-state index contributed by atoms with van der Waals surface area (Å²) in [6.07, 6.45) is 4.40. The second kappa shape index (κ2) is 11.7. The number of allylic oxidation sites excluding steroid dienone is 1. The number of aliphatic hydroxyl groups is 1. The summed E-state index contributed by atoms with van der Waals surface area (Å²) < 4.78 is 35.2. The first-order valence-electron chi connectivity index (χ1n) is 12.2. The highest BCUT2D eigenvalue weighted by molar-refractivity contribution is 7.89. The summed E-state index contributed by atoms with van der Waals surface area (Å²) in [6.45, 7) is 7.74. The fourth-order valence-corrected chi connectivity index (χ4v) is 6.29. The van der Waals surface area contributed by atoms with Crippen LogP contribution in [0.2, 0.25) is 0 Å². The molecule has 0 radical (unpaired) electrons. The molecule has 0 saturated carbocycles. The molecule has 0 unspecified atom stereocenters. The number of hydrogen-bond acceptors (Lipinski definition) is 5. The molecule has 3 rings (SSSR count). The Morgan fingerprint density at radius 2 is 1.74 bits per heavy atom. The fraction of sp³-hybridized carbons (Fsp3) is 0.393. The van der Waals surface area contributed by atoms with Crippen LogP contribution in [0.3, 0.4) is 0 Å². The van der Waals surface area contributed by atoms with E-state index in [2.05, 4.69) is 13.0 Å². The zero-order chi connectivity index (χ0) is 25.6. The van der Waals surface area contributed by atoms with Crippen LogP contribution in [0.1, 0.15) is 63.6 Å². The number of aliphatic hydroxyl groups excluding tert-OH is 1. The Morgan fingerprint density at radius 1 is 1.09 bits per heavy atom. The van der Waals surface area contributed by atoms with Crippen molar-refractivity contribution in [2.24, 2.45) is 0 Å². The first-order valence-corrected chi connectivity index (χ1v) is 13.6. The van der Waals surface area contributed by atoms with Crippen molar-refractivity contribution >= 4 is 16.0 Å². The van der Waals surface area contributed by atoms with E-state index >= 15 is 0 Å². The number of benzene rings is 2. The molecule has 0 amide bonds. The third-order valence-corrected chi connectivity index (χ3v) is 8.16. The van der Waals surface area contributed by atoms with Gasteiger partial charge in [-0.1, -0.05) is 79.9 Å². The number of rotatable bonds is 9. The van der Waals surface area contributed by atoms with Gasteiger partial charge in [0.25, 0.3) is 0 Å². The summed E-state index contributed by atoms with van der Waals surface area (Å²) in [5.74, 6) is -0.842. The van der Waals surface area contributed by atoms with Crippen molar-refractivity contribution in [1.82, 2.24) is 4.31 Å². The highest BCUT2D eigenvalue weighted by Crippen LogP contribution is 2.44. The zero-order valence-electron chi connectivity index (χ0n) is 20.9. The van der Waals surface area contributed by atoms with Gasteiger partial charge in [0.2, 0.25) is 10.0 Å². The van der Waals surface area contributed by atoms with Gasteiger partial charge in [0, 0.05) is 6.42 Å². The molecule has 6 nitrogen and oxygen atoms in total. The van der Waals surface area contributed by atoms with E-state index in [-0.39, 0.29) is 29.3 Å². The quantitative estimate of drug-likeness (QED) is 0.339. The Hall–Kier alpha value is -2.90. The molecule has 0 bridgehead atoms. The first kappa shape index (κ1) is 26.7. The maximum atomic E-state index is 14.3. The maximum absolute atomic E-state index is 14.3. The van der Waals surface area contributed by atoms with Crippen LogP contribution in [0.4, 0.5) is 0 Å². The average Bonchev–Trinajstić information content (AvgIpc) is 2.84. The minimum Gasteiger partial charge on any atom is -0.512 e. The number of unbranched alkanes of at least 4 members (excludes halogenated alkanes) is 1. The number of nitrogens with zero attached hydrogens (tertiary/aromatic N) is 1. The average molecular weight is 498 g/mol. The lowest BCUT2D eigenvalue weighted by atomic mass is 9.87. The van der Waals surface area contributed by atoms with E-state index in [0.717, 1.165) is 24.0 Å². The van der Waals surface area contributed by atoms with E-state index in [1.807, 2.05) is 19.9 Å². The highest BCUT2D eigenvalue weighted by atomic mass is 32.2. The topological polar surface area (TPSA) is 83.9 Å². The molecule has 1 aliphatic heterocycles. The van der Waals surface area contributed by atoms with E-state index < -0.39 is 28.1 Å². The first-order chi connectivity index (χ1) is 16.8. The summed E-state index contributed by atoms with van der Waals surface area (Å²) >= 11 is 0. The summed E-state index contributed by atoms with van der Waals surface area (Å²) in [5.41, 5.74) is 2.42. The second-order valence-corrected chi connectivity index (χ2v) is 10.5. The Balaban J connectivity index is 2.33. The van der Waals surface area contributed by atoms with Gasteiger partial charge in [-0.05, 0) is 44.4 Å². The number of aryl methyl sites for hydroxylation is 1. The molecular formula is C28H35NO5S. The number of esters is 1. The molecular weight excluding hydrogens is 462 g/mol. The van der Waals surface area contributed by atoms with E-state index in [9.17, 15) is 18.3 Å². The number of carbonyl (C=O) groups excluding carboxylic acids is 1. The molecule has 0 aliphatic carbocycles. The van der Waals surface area contributed by atoms with E-state index in [1.54, 1.807) is 55.5 Å². The molecule has 0 saturated heterocycles. The van der Waals surface area contributed by atoms with Crippen LogP contribution < -0.4 is 0 Å². The SMILES string of the molecule is CCC/C=C(\CC)[C@H]1CC(O)=C(C(=O)OCC)[C@@H](c2ccccc2)N1S(=O)(=O)c1ccc(C)cc1. The number of carbonyl (C=O) groups is 1. The van der Waals surface area contributed by atoms with Crippen molar-refractivity contribution in [2.75, 3.05) is 6.61 Å². The van der Waals surface area contributed by atoms with Gasteiger partial charge in [-0.3, -0.25) is 0 Å². The molecule has 1 N–H and O–H groups in total. The van der Waals surface area contributed by atoms with Crippen LogP contribution in [-0.4, -0.2) is 36.4 Å². The monoisotopic (exact) mass is 497 g/mol. The maximum Gasteiger partial charge on any atom is 0.339 e. The Morgan fingerprint density at radius 3 is 2.31 bits per heavy atom. The van der Waals surface area contributed by atoms with Crippen LogP contribution >= 0.6 is 0 Å². The Bertz CT molecular complexity index is 1180. The van der Waals surface area contributed by atoms with Gasteiger partial charge in [-0.15, -0.1) is 0 Å². The molecule has 2 aromatic rings. The minimum atomic E-state index is -4.07. The number of hydrogen-bond donors (Lipinski definition) is 1. The van der Waals surface area contributed by atoms with Crippen LogP contribution in [0.15, 0.2) is 82.5 Å². The van der Waals surface area contributed by atoms with Crippen molar-refractivity contribution in [2.45, 2.75) is 70.4 Å². The lowest BCUT2D eigenvalue weighted by Gasteiger charge is -2.42. The number of sulfonamides is 1. The van der Waals surface area contributed by atoms with Crippen LogP contribution in [0.5, 0.6) is 0 Å². The van der Waals surface area contributed by atoms with Gasteiger partial charge in [0.1, 0.15) is 5.76 Å². The molecule has 2 atom stereocenters. The normalized spacial score (nSPS) is 19.6. The van der Waals surface area contributed by atoms with Crippen molar-refractivity contribution in [3.05, 3.63) is 88.7 Å². The molecule has 35 heavy (non-hydrogen) atoms. The molecule has 2 aromatic carbocycles. The van der Waals surface area contributed by atoms with Gasteiger partial charge < -0.3 is 9.84 Å². The van der Waals surface area contributed by atoms with Gasteiger partial charge in [0.15, 0.2) is 0 Å². The van der Waals surface area contributed by atoms with Crippen molar-refractivity contribution in [3.8, 4) is 0 Å². The van der Waals surface area contributed by atoms with Gasteiger partial charge >= 0.3 is 5.97 Å². The summed E-state index contributed by atoms with van der Waals surface area (Å²) in [7, 11) is -4.07. The Kier molecular flexibility index (Phi) is 8.92. The lowest BCUT2D eigenvalue weighted by molar-refractivity contribution is -0.139. The standard InChI is InChI=1S/C28H35NO5S/c1-5-8-12-21(6-2)24-19-25(30)26(28(31)34-7-3)27(22-13-10-9-11-14-22)29(24)35(32,33)23-17-15-20(4)16-18-23/h9-18,24,27,30H,5-8,19H2,1-4H3/b21-12+/t24-,27-/m1/s1. The van der Waals surface area contributed by atoms with E-state index in [0.29, 0.717) is 12.0 Å². The fourth-order valence-electron chi connectivity index (χ4n) is 4.51. The molecule has 7 heteroatoms. The van der Waals surface area contributed by atoms with Crippen molar-refractivity contribution in [1.29, 1.82) is 0 Å². The third kappa shape index (κ3) is 5.68. The summed E-state index contributed by atoms with van der Waals surface area (Å²) in [5, 5.41) is 11.2.